The van der Waals surface area contributed by atoms with Crippen molar-refractivity contribution >= 4 is 32.7 Å². The van der Waals surface area contributed by atoms with Crippen LogP contribution in [-0.2, 0) is 11.3 Å². The Kier molecular flexibility index (Phi) is 4.27. The molecule has 4 heterocycles. The van der Waals surface area contributed by atoms with Gasteiger partial charge in [-0.05, 0) is 43.3 Å². The summed E-state index contributed by atoms with van der Waals surface area (Å²) in [5.74, 6) is 1.70. The van der Waals surface area contributed by atoms with Crippen LogP contribution in [0.25, 0.3) is 21.3 Å². The van der Waals surface area contributed by atoms with E-state index in [9.17, 15) is 0 Å². The Hall–Kier alpha value is -2.48. The number of hydrogen-bond donors (Lipinski definition) is 0. The number of aromatic nitrogens is 2. The average molecular weight is 381 g/mol. The molecule has 0 unspecified atom stereocenters. The van der Waals surface area contributed by atoms with Gasteiger partial charge in [-0.1, -0.05) is 11.3 Å². The normalized spacial score (nSPS) is 18.3. The summed E-state index contributed by atoms with van der Waals surface area (Å²) >= 11 is 1.49. The third-order valence-electron chi connectivity index (χ3n) is 4.75. The summed E-state index contributed by atoms with van der Waals surface area (Å²) in [5.41, 5.74) is 1.58. The number of nitrogens with zero attached hydrogens (tertiary/aromatic N) is 3. The topological polar surface area (TPSA) is 60.6 Å². The highest BCUT2D eigenvalue weighted by atomic mass is 32.1. The number of hydrogen-bond acceptors (Lipinski definition) is 7. The predicted octanol–water partition coefficient (Wildman–Crippen LogP) is 4.45. The lowest BCUT2D eigenvalue weighted by molar-refractivity contribution is -0.00689. The highest BCUT2D eigenvalue weighted by Crippen LogP contribution is 2.32. The van der Waals surface area contributed by atoms with Gasteiger partial charge in [-0.15, -0.1) is 0 Å². The van der Waals surface area contributed by atoms with Crippen LogP contribution in [-0.4, -0.2) is 40.7 Å². The third-order valence-corrected chi connectivity index (χ3v) is 5.64. The number of fused-ring (bicyclic) bond motifs is 2. The molecule has 0 amide bonds. The van der Waals surface area contributed by atoms with Crippen molar-refractivity contribution in [2.45, 2.75) is 19.5 Å². The number of morpholine rings is 1. The maximum Gasteiger partial charge on any atom is 0.281 e. The molecule has 5 rings (SSSR count). The molecular weight excluding hydrogens is 362 g/mol. The lowest BCUT2D eigenvalue weighted by Crippen LogP contribution is -2.42. The van der Waals surface area contributed by atoms with Crippen molar-refractivity contribution in [1.82, 2.24) is 14.9 Å². The van der Waals surface area contributed by atoms with Crippen LogP contribution in [0.4, 0.5) is 0 Å². The minimum absolute atomic E-state index is 0.401. The van der Waals surface area contributed by atoms with Crippen molar-refractivity contribution < 1.29 is 13.9 Å². The number of rotatable bonds is 4. The Balaban J connectivity index is 1.36. The van der Waals surface area contributed by atoms with E-state index in [0.29, 0.717) is 16.9 Å². The van der Waals surface area contributed by atoms with Crippen molar-refractivity contribution in [3.63, 3.8) is 0 Å². The number of thiazole rings is 1. The standard InChI is InChI=1S/C20H19N3O3S/c1-13-12-24-8-7-23(13)11-16-10-14-9-15(4-5-17(14)25-16)26-20-22-19-18(27-20)3-2-6-21-19/h2-6,9-10,13H,7-8,11-12H2,1H3/t13-/m0/s1. The molecule has 4 aromatic rings. The number of ether oxygens (including phenoxy) is 2. The van der Waals surface area contributed by atoms with Crippen LogP contribution in [0.5, 0.6) is 10.9 Å². The molecule has 0 spiro atoms. The fourth-order valence-corrected chi connectivity index (χ4v) is 4.10. The summed E-state index contributed by atoms with van der Waals surface area (Å²) in [4.78, 5) is 11.1. The first kappa shape index (κ1) is 16.7. The van der Waals surface area contributed by atoms with Crippen LogP contribution in [0.2, 0.25) is 0 Å². The molecule has 1 aliphatic rings. The second kappa shape index (κ2) is 6.92. The lowest BCUT2D eigenvalue weighted by Gasteiger charge is -2.32. The van der Waals surface area contributed by atoms with Crippen molar-refractivity contribution in [1.29, 1.82) is 0 Å². The van der Waals surface area contributed by atoms with E-state index in [2.05, 4.69) is 27.9 Å². The Labute approximate surface area is 160 Å². The van der Waals surface area contributed by atoms with Crippen LogP contribution in [0, 0.1) is 0 Å². The highest BCUT2D eigenvalue weighted by Gasteiger charge is 2.20. The van der Waals surface area contributed by atoms with Gasteiger partial charge in [-0.2, -0.15) is 4.98 Å². The van der Waals surface area contributed by atoms with Crippen LogP contribution >= 0.6 is 11.3 Å². The molecule has 1 aliphatic heterocycles. The second-order valence-electron chi connectivity index (χ2n) is 6.71. The van der Waals surface area contributed by atoms with Gasteiger partial charge in [0.25, 0.3) is 5.19 Å². The zero-order valence-corrected chi connectivity index (χ0v) is 15.7. The highest BCUT2D eigenvalue weighted by molar-refractivity contribution is 7.20. The van der Waals surface area contributed by atoms with Crippen molar-refractivity contribution in [2.75, 3.05) is 19.8 Å². The summed E-state index contributed by atoms with van der Waals surface area (Å²) in [6.07, 6.45) is 1.74. The third kappa shape index (κ3) is 3.41. The Morgan fingerprint density at radius 1 is 1.30 bits per heavy atom. The van der Waals surface area contributed by atoms with E-state index in [-0.39, 0.29) is 0 Å². The minimum atomic E-state index is 0.401. The SMILES string of the molecule is C[C@H]1COCCN1Cc1cc2cc(Oc3nc4ncccc4s3)ccc2o1. The van der Waals surface area contributed by atoms with Gasteiger partial charge in [0, 0.05) is 24.2 Å². The van der Waals surface area contributed by atoms with E-state index >= 15 is 0 Å². The summed E-state index contributed by atoms with van der Waals surface area (Å²) in [6.45, 7) is 5.45. The van der Waals surface area contributed by atoms with Gasteiger partial charge in [-0.3, -0.25) is 4.90 Å². The molecule has 1 aromatic carbocycles. The summed E-state index contributed by atoms with van der Waals surface area (Å²) in [7, 11) is 0. The summed E-state index contributed by atoms with van der Waals surface area (Å²) < 4.78 is 18.5. The molecular formula is C20H19N3O3S. The van der Waals surface area contributed by atoms with E-state index in [1.54, 1.807) is 6.20 Å². The fourth-order valence-electron chi connectivity index (χ4n) is 3.31. The first-order valence-electron chi connectivity index (χ1n) is 8.98. The lowest BCUT2D eigenvalue weighted by atomic mass is 10.2. The van der Waals surface area contributed by atoms with Gasteiger partial charge in [0.05, 0.1) is 24.5 Å². The van der Waals surface area contributed by atoms with Crippen LogP contribution in [0.1, 0.15) is 12.7 Å². The minimum Gasteiger partial charge on any atom is -0.460 e. The molecule has 1 fully saturated rings. The Morgan fingerprint density at radius 3 is 3.15 bits per heavy atom. The first-order chi connectivity index (χ1) is 13.2. The molecule has 0 bridgehead atoms. The number of pyridine rings is 1. The molecule has 27 heavy (non-hydrogen) atoms. The molecule has 6 nitrogen and oxygen atoms in total. The number of benzene rings is 1. The monoisotopic (exact) mass is 381 g/mol. The van der Waals surface area contributed by atoms with Gasteiger partial charge in [0.2, 0.25) is 0 Å². The quantitative estimate of drug-likeness (QED) is 0.520. The average Bonchev–Trinajstić information content (AvgIpc) is 3.26. The molecule has 0 N–H and O–H groups in total. The van der Waals surface area contributed by atoms with Gasteiger partial charge in [0.1, 0.15) is 17.1 Å². The molecule has 7 heteroatoms. The van der Waals surface area contributed by atoms with Crippen LogP contribution in [0.15, 0.2) is 47.0 Å². The molecule has 0 saturated carbocycles. The zero-order chi connectivity index (χ0) is 18.2. The molecule has 1 atom stereocenters. The van der Waals surface area contributed by atoms with Gasteiger partial charge < -0.3 is 13.9 Å². The maximum absolute atomic E-state index is 6.01. The van der Waals surface area contributed by atoms with Crippen LogP contribution in [0.3, 0.4) is 0 Å². The molecule has 3 aromatic heterocycles. The van der Waals surface area contributed by atoms with Crippen LogP contribution < -0.4 is 4.74 Å². The fraction of sp³-hybridized carbons (Fsp3) is 0.300. The maximum atomic E-state index is 6.01. The van der Waals surface area contributed by atoms with E-state index in [4.69, 9.17) is 13.9 Å². The van der Waals surface area contributed by atoms with Gasteiger partial charge >= 0.3 is 0 Å². The summed E-state index contributed by atoms with van der Waals surface area (Å²) in [6, 6.07) is 12.2. The van der Waals surface area contributed by atoms with E-state index in [1.165, 1.54) is 11.3 Å². The van der Waals surface area contributed by atoms with Gasteiger partial charge in [0.15, 0.2) is 5.65 Å². The molecule has 0 radical (unpaired) electrons. The van der Waals surface area contributed by atoms with E-state index in [0.717, 1.165) is 53.5 Å². The van der Waals surface area contributed by atoms with Crippen molar-refractivity contribution in [3.8, 4) is 10.9 Å². The molecule has 0 aliphatic carbocycles. The van der Waals surface area contributed by atoms with E-state index < -0.39 is 0 Å². The number of furan rings is 1. The Bertz CT molecular complexity index is 1060. The zero-order valence-electron chi connectivity index (χ0n) is 14.9. The smallest absolute Gasteiger partial charge is 0.281 e. The second-order valence-corrected chi connectivity index (χ2v) is 7.71. The van der Waals surface area contributed by atoms with E-state index in [1.807, 2.05) is 30.3 Å². The van der Waals surface area contributed by atoms with Gasteiger partial charge in [-0.25, -0.2) is 4.98 Å². The van der Waals surface area contributed by atoms with Crippen molar-refractivity contribution in [2.24, 2.45) is 0 Å². The first-order valence-corrected chi connectivity index (χ1v) is 9.80. The largest absolute Gasteiger partial charge is 0.460 e. The Morgan fingerprint density at radius 2 is 2.26 bits per heavy atom. The van der Waals surface area contributed by atoms with Crippen molar-refractivity contribution in [3.05, 3.63) is 48.4 Å². The molecule has 138 valence electrons. The predicted molar refractivity (Wildman–Crippen MR) is 104 cm³/mol. The molecule has 1 saturated heterocycles. The summed E-state index contributed by atoms with van der Waals surface area (Å²) in [5, 5.41) is 1.62.